The van der Waals surface area contributed by atoms with Gasteiger partial charge in [-0.05, 0) is 72.4 Å². The van der Waals surface area contributed by atoms with Crippen LogP contribution in [-0.2, 0) is 10.2 Å². The summed E-state index contributed by atoms with van der Waals surface area (Å²) in [6.45, 7) is 2.18. The summed E-state index contributed by atoms with van der Waals surface area (Å²) >= 11 is 0. The molecule has 6 heteroatoms. The van der Waals surface area contributed by atoms with Crippen molar-refractivity contribution in [3.05, 3.63) is 77.4 Å². The molecule has 6 nitrogen and oxygen atoms in total. The molecule has 0 unspecified atom stereocenters. The molecular formula is C25H21N2O4. The molecule has 155 valence electrons. The number of carbonyl (C=O) groups excluding carboxylic acids is 2. The van der Waals surface area contributed by atoms with Crippen LogP contribution in [0.1, 0.15) is 34.3 Å². The highest BCUT2D eigenvalue weighted by Crippen LogP contribution is 2.51. The summed E-state index contributed by atoms with van der Waals surface area (Å²) < 4.78 is 10.9. The van der Waals surface area contributed by atoms with Crippen LogP contribution in [0, 0.1) is 6.92 Å². The van der Waals surface area contributed by atoms with Crippen molar-refractivity contribution in [3.8, 4) is 22.6 Å². The van der Waals surface area contributed by atoms with E-state index in [1.165, 1.54) is 0 Å². The van der Waals surface area contributed by atoms with Gasteiger partial charge in [-0.2, -0.15) is 0 Å². The number of anilines is 1. The summed E-state index contributed by atoms with van der Waals surface area (Å²) in [6.07, 6.45) is 1.58. The van der Waals surface area contributed by atoms with Gasteiger partial charge in [0.15, 0.2) is 11.5 Å². The summed E-state index contributed by atoms with van der Waals surface area (Å²) in [5, 5.41) is 3.12. The molecule has 5 rings (SSSR count). The van der Waals surface area contributed by atoms with Crippen LogP contribution in [0.25, 0.3) is 11.1 Å². The highest BCUT2D eigenvalue weighted by atomic mass is 16.7. The third kappa shape index (κ3) is 3.30. The van der Waals surface area contributed by atoms with Gasteiger partial charge in [0, 0.05) is 11.3 Å². The minimum atomic E-state index is -0.706. The first-order valence-corrected chi connectivity index (χ1v) is 10.2. The van der Waals surface area contributed by atoms with E-state index in [0.29, 0.717) is 17.1 Å². The molecule has 3 aromatic rings. The summed E-state index contributed by atoms with van der Waals surface area (Å²) in [4.78, 5) is 24.5. The van der Waals surface area contributed by atoms with Crippen LogP contribution in [0.3, 0.4) is 0 Å². The summed E-state index contributed by atoms with van der Waals surface area (Å²) in [5.74, 6) is 0.662. The van der Waals surface area contributed by atoms with Crippen LogP contribution >= 0.6 is 0 Å². The molecule has 1 saturated carbocycles. The fourth-order valence-electron chi connectivity index (χ4n) is 4.09. The molecular weight excluding hydrogens is 392 g/mol. The molecule has 1 fully saturated rings. The van der Waals surface area contributed by atoms with Crippen LogP contribution in [0.5, 0.6) is 11.5 Å². The van der Waals surface area contributed by atoms with Gasteiger partial charge in [-0.15, -0.1) is 0 Å². The van der Waals surface area contributed by atoms with Crippen molar-refractivity contribution in [2.75, 3.05) is 12.1 Å². The second-order valence-corrected chi connectivity index (χ2v) is 7.99. The number of hydrogen-bond donors (Lipinski definition) is 1. The van der Waals surface area contributed by atoms with Crippen molar-refractivity contribution in [2.45, 2.75) is 25.2 Å². The maximum Gasteiger partial charge on any atom is 0.269 e. The maximum atomic E-state index is 13.3. The van der Waals surface area contributed by atoms with Gasteiger partial charge >= 0.3 is 0 Å². The van der Waals surface area contributed by atoms with Crippen molar-refractivity contribution in [1.29, 1.82) is 0 Å². The van der Waals surface area contributed by atoms with E-state index in [9.17, 15) is 9.59 Å². The number of carbonyl (C=O) groups is 2. The Hall–Kier alpha value is -3.80. The van der Waals surface area contributed by atoms with Crippen LogP contribution in [-0.4, -0.2) is 18.6 Å². The average molecular weight is 413 g/mol. The molecule has 31 heavy (non-hydrogen) atoms. The fourth-order valence-corrected chi connectivity index (χ4v) is 4.09. The third-order valence-electron chi connectivity index (χ3n) is 6.15. The molecule has 0 aromatic heterocycles. The van der Waals surface area contributed by atoms with Gasteiger partial charge in [0.2, 0.25) is 12.7 Å². The van der Waals surface area contributed by atoms with E-state index in [0.717, 1.165) is 40.8 Å². The molecule has 1 aliphatic carbocycles. The van der Waals surface area contributed by atoms with E-state index in [1.54, 1.807) is 12.1 Å². The van der Waals surface area contributed by atoms with E-state index >= 15 is 0 Å². The number of nitrogens with one attached hydrogen (secondary N) is 2. The van der Waals surface area contributed by atoms with Crippen molar-refractivity contribution < 1.29 is 19.1 Å². The first-order valence-electron chi connectivity index (χ1n) is 10.2. The monoisotopic (exact) mass is 413 g/mol. The largest absolute Gasteiger partial charge is 0.454 e. The second-order valence-electron chi connectivity index (χ2n) is 7.99. The zero-order chi connectivity index (χ0) is 21.6. The lowest BCUT2D eigenvalue weighted by Gasteiger charge is -2.18. The maximum absolute atomic E-state index is 13.3. The highest BCUT2D eigenvalue weighted by molar-refractivity contribution is 6.02. The Morgan fingerprint density at radius 3 is 2.42 bits per heavy atom. The van der Waals surface area contributed by atoms with Gasteiger partial charge in [-0.3, -0.25) is 15.3 Å². The molecule has 0 spiro atoms. The van der Waals surface area contributed by atoms with E-state index < -0.39 is 11.3 Å². The third-order valence-corrected chi connectivity index (χ3v) is 6.15. The normalized spacial score (nSPS) is 15.4. The molecule has 0 bridgehead atoms. The predicted molar refractivity (Wildman–Crippen MR) is 116 cm³/mol. The first kappa shape index (κ1) is 19.2. The number of amides is 2. The van der Waals surface area contributed by atoms with E-state index in [2.05, 4.69) is 5.32 Å². The zero-order valence-corrected chi connectivity index (χ0v) is 17.0. The van der Waals surface area contributed by atoms with Gasteiger partial charge in [-0.1, -0.05) is 30.3 Å². The standard InChI is InChI=1S/C25H21N2O4/c1-15-19(16-5-7-17(8-6-16)23(26)28)3-2-4-20(15)27-24(29)25(11-12-25)18-9-10-21-22(13-18)31-14-30-21/h2-10,13,26H,11-12,14H2,1H3,(H,27,29). The van der Waals surface area contributed by atoms with Gasteiger partial charge in [0.25, 0.3) is 5.91 Å². The Balaban J connectivity index is 1.41. The van der Waals surface area contributed by atoms with E-state index in [4.69, 9.17) is 15.2 Å². The summed E-state index contributed by atoms with van der Waals surface area (Å²) in [6, 6.07) is 18.4. The fraction of sp³-hybridized carbons (Fsp3) is 0.200. The SMILES string of the molecule is Cc1c(NC(=O)C2(c3ccc4c(c3)OCO4)CC2)cccc1-c1ccc(C([NH])=O)cc1. The lowest BCUT2D eigenvalue weighted by atomic mass is 9.93. The van der Waals surface area contributed by atoms with Gasteiger partial charge in [0.05, 0.1) is 5.41 Å². The predicted octanol–water partition coefficient (Wildman–Crippen LogP) is 4.48. The number of fused-ring (bicyclic) bond motifs is 1. The molecule has 2 amide bonds. The Morgan fingerprint density at radius 1 is 0.968 bits per heavy atom. The van der Waals surface area contributed by atoms with Crippen molar-refractivity contribution in [2.24, 2.45) is 0 Å². The van der Waals surface area contributed by atoms with Gasteiger partial charge in [-0.25, -0.2) is 0 Å². The zero-order valence-electron chi connectivity index (χ0n) is 17.0. The van der Waals surface area contributed by atoms with Crippen LogP contribution in [0.15, 0.2) is 60.7 Å². The summed E-state index contributed by atoms with van der Waals surface area (Å²) in [7, 11) is 0. The molecule has 2 aliphatic rings. The van der Waals surface area contributed by atoms with Gasteiger partial charge < -0.3 is 14.8 Å². The van der Waals surface area contributed by atoms with Crippen molar-refractivity contribution in [3.63, 3.8) is 0 Å². The van der Waals surface area contributed by atoms with Crippen LogP contribution < -0.4 is 20.5 Å². The minimum Gasteiger partial charge on any atom is -0.454 e. The van der Waals surface area contributed by atoms with Crippen molar-refractivity contribution >= 4 is 17.5 Å². The Labute approximate surface area is 180 Å². The van der Waals surface area contributed by atoms with Gasteiger partial charge in [0.1, 0.15) is 0 Å². The molecule has 0 atom stereocenters. The summed E-state index contributed by atoms with van der Waals surface area (Å²) in [5.41, 5.74) is 11.6. The average Bonchev–Trinajstić information content (AvgIpc) is 3.46. The Kier molecular flexibility index (Phi) is 4.43. The Bertz CT molecular complexity index is 1200. The lowest BCUT2D eigenvalue weighted by molar-refractivity contribution is -0.118. The quantitative estimate of drug-likeness (QED) is 0.668. The molecule has 0 saturated heterocycles. The number of rotatable bonds is 5. The van der Waals surface area contributed by atoms with Crippen LogP contribution in [0.4, 0.5) is 5.69 Å². The smallest absolute Gasteiger partial charge is 0.269 e. The number of ether oxygens (including phenoxy) is 2. The van der Waals surface area contributed by atoms with Crippen molar-refractivity contribution in [1.82, 2.24) is 5.73 Å². The first-order chi connectivity index (χ1) is 15.0. The molecule has 1 heterocycles. The lowest BCUT2D eigenvalue weighted by Crippen LogP contribution is -2.28. The Morgan fingerprint density at radius 2 is 1.71 bits per heavy atom. The topological polar surface area (TPSA) is 88.4 Å². The highest BCUT2D eigenvalue weighted by Gasteiger charge is 2.51. The van der Waals surface area contributed by atoms with E-state index in [1.807, 2.05) is 55.5 Å². The van der Waals surface area contributed by atoms with Crippen LogP contribution in [0.2, 0.25) is 0 Å². The molecule has 1 aliphatic heterocycles. The van der Waals surface area contributed by atoms with E-state index in [-0.39, 0.29) is 12.7 Å². The molecule has 2 N–H and O–H groups in total. The second kappa shape index (κ2) is 7.16. The molecule has 3 aromatic carbocycles. The number of hydrogen-bond acceptors (Lipinski definition) is 4. The molecule has 1 radical (unpaired) electrons. The minimum absolute atomic E-state index is 0.0261. The number of benzene rings is 3.